The summed E-state index contributed by atoms with van der Waals surface area (Å²) in [6, 6.07) is 49.9. The van der Waals surface area contributed by atoms with Gasteiger partial charge in [0.1, 0.15) is 18.4 Å². The molecule has 240 valence electrons. The molecule has 2 aliphatic rings. The van der Waals surface area contributed by atoms with Crippen LogP contribution in [0, 0.1) is 0 Å². The lowest BCUT2D eigenvalue weighted by molar-refractivity contribution is -0.184. The lowest BCUT2D eigenvalue weighted by Gasteiger charge is -2.54. The van der Waals surface area contributed by atoms with Gasteiger partial charge in [-0.05, 0) is 33.4 Å². The van der Waals surface area contributed by atoms with E-state index in [-0.39, 0.29) is 25.2 Å². The Labute approximate surface area is 289 Å². The molecule has 7 rings (SSSR count). The van der Waals surface area contributed by atoms with Crippen LogP contribution < -0.4 is 5.32 Å². The van der Waals surface area contributed by atoms with Crippen LogP contribution >= 0.6 is 15.9 Å². The first-order chi connectivity index (χ1) is 23.6. The molecule has 3 unspecified atom stereocenters. The van der Waals surface area contributed by atoms with E-state index in [1.165, 1.54) is 0 Å². The second-order valence-electron chi connectivity index (χ2n) is 11.9. The number of alkyl halides is 1. The van der Waals surface area contributed by atoms with Crippen LogP contribution in [-0.4, -0.2) is 47.4 Å². The van der Waals surface area contributed by atoms with Crippen LogP contribution in [0.2, 0.25) is 0 Å². The summed E-state index contributed by atoms with van der Waals surface area (Å²) in [5, 5.41) is 3.80. The predicted octanol–water partition coefficient (Wildman–Crippen LogP) is 7.16. The highest BCUT2D eigenvalue weighted by atomic mass is 79.9. The molecular formula is C41H35BrN2O4. The number of amides is 1. The summed E-state index contributed by atoms with van der Waals surface area (Å²) < 4.78 is 13.1. The Hall–Kier alpha value is -4.66. The van der Waals surface area contributed by atoms with Crippen LogP contribution in [-0.2, 0) is 24.6 Å². The number of halogens is 1. The molecule has 5 aromatic rings. The van der Waals surface area contributed by atoms with Gasteiger partial charge in [0, 0.05) is 0 Å². The van der Waals surface area contributed by atoms with E-state index in [4.69, 9.17) is 9.47 Å². The van der Waals surface area contributed by atoms with Crippen molar-refractivity contribution in [2.45, 2.75) is 28.7 Å². The lowest BCUT2D eigenvalue weighted by Crippen LogP contribution is -2.74. The summed E-state index contributed by atoms with van der Waals surface area (Å²) in [5.74, 6) is -0.149. The van der Waals surface area contributed by atoms with E-state index in [0.717, 1.165) is 34.1 Å². The van der Waals surface area contributed by atoms with E-state index in [1.807, 2.05) is 115 Å². The highest BCUT2D eigenvalue weighted by Crippen LogP contribution is 2.42. The van der Waals surface area contributed by atoms with Crippen LogP contribution in [0.15, 0.2) is 163 Å². The number of ether oxygens (including phenoxy) is 2. The zero-order valence-corrected chi connectivity index (χ0v) is 27.8. The molecule has 0 radical (unpaired) electrons. The average molecular weight is 700 g/mol. The third-order valence-corrected chi connectivity index (χ3v) is 9.92. The fourth-order valence-electron chi connectivity index (χ4n) is 6.80. The molecule has 0 aliphatic carbocycles. The van der Waals surface area contributed by atoms with Crippen molar-refractivity contribution in [3.63, 3.8) is 0 Å². The maximum Gasteiger partial charge on any atom is 0.250 e. The molecule has 5 aromatic carbocycles. The van der Waals surface area contributed by atoms with Crippen LogP contribution in [0.1, 0.15) is 33.9 Å². The molecule has 1 amide bonds. The highest BCUT2D eigenvalue weighted by molar-refractivity contribution is 9.10. The number of benzene rings is 5. The number of carbonyl (C=O) groups is 2. The van der Waals surface area contributed by atoms with Crippen molar-refractivity contribution in [1.82, 2.24) is 10.2 Å². The lowest BCUT2D eigenvalue weighted by atomic mass is 9.75. The van der Waals surface area contributed by atoms with Gasteiger partial charge in [0.15, 0.2) is 6.23 Å². The predicted molar refractivity (Wildman–Crippen MR) is 189 cm³/mol. The largest absolute Gasteiger partial charge is 0.363 e. The monoisotopic (exact) mass is 698 g/mol. The van der Waals surface area contributed by atoms with Crippen molar-refractivity contribution in [3.8, 4) is 0 Å². The summed E-state index contributed by atoms with van der Waals surface area (Å²) >= 11 is 3.51. The van der Waals surface area contributed by atoms with Gasteiger partial charge in [-0.2, -0.15) is 0 Å². The van der Waals surface area contributed by atoms with Crippen LogP contribution in [0.5, 0.6) is 0 Å². The molecule has 3 atom stereocenters. The number of hydrogen-bond acceptors (Lipinski definition) is 5. The number of aldehydes is 1. The molecule has 2 heterocycles. The summed E-state index contributed by atoms with van der Waals surface area (Å²) in [4.78, 5) is 27.5. The minimum Gasteiger partial charge on any atom is -0.363 e. The van der Waals surface area contributed by atoms with Crippen LogP contribution in [0.4, 0.5) is 0 Å². The van der Waals surface area contributed by atoms with Gasteiger partial charge in [0.05, 0.1) is 29.3 Å². The Balaban J connectivity index is 1.25. The number of fused-ring (bicyclic) bond motifs is 1. The standard InChI is InChI=1S/C41H35BrN2O4/c42-35(26-45)34-27-48-40-37(39(46)44(40)36(34)28-47-38(29-16-6-1-7-17-29)30-18-8-2-9-19-30)43-41(31-20-10-3-11-21-31,32-22-12-4-13-23-32)33-24-14-5-15-25-33/h1-26,35,37-38,40,43H,27-28H2. The molecule has 48 heavy (non-hydrogen) atoms. The van der Waals surface area contributed by atoms with E-state index in [2.05, 4.69) is 57.6 Å². The van der Waals surface area contributed by atoms with Gasteiger partial charge in [0.2, 0.25) is 0 Å². The van der Waals surface area contributed by atoms with Crippen molar-refractivity contribution in [2.75, 3.05) is 13.2 Å². The zero-order valence-electron chi connectivity index (χ0n) is 26.2. The van der Waals surface area contributed by atoms with Crippen molar-refractivity contribution in [2.24, 2.45) is 0 Å². The van der Waals surface area contributed by atoms with E-state index in [0.29, 0.717) is 11.3 Å². The first kappa shape index (κ1) is 31.9. The second-order valence-corrected chi connectivity index (χ2v) is 12.9. The van der Waals surface area contributed by atoms with E-state index in [1.54, 1.807) is 4.90 Å². The third-order valence-electron chi connectivity index (χ3n) is 9.15. The molecule has 0 bridgehead atoms. The van der Waals surface area contributed by atoms with Gasteiger partial charge in [-0.3, -0.25) is 15.0 Å². The minimum atomic E-state index is -0.854. The average Bonchev–Trinajstić information content (AvgIpc) is 3.16. The summed E-state index contributed by atoms with van der Waals surface area (Å²) in [7, 11) is 0. The highest BCUT2D eigenvalue weighted by Gasteiger charge is 2.56. The third kappa shape index (κ3) is 5.95. The number of rotatable bonds is 12. The van der Waals surface area contributed by atoms with Gasteiger partial charge in [-0.25, -0.2) is 0 Å². The molecule has 0 saturated carbocycles. The Kier molecular flexibility index (Phi) is 9.45. The molecule has 7 heteroatoms. The fourth-order valence-corrected chi connectivity index (χ4v) is 7.20. The zero-order chi connectivity index (χ0) is 32.9. The van der Waals surface area contributed by atoms with Gasteiger partial charge in [-0.1, -0.05) is 168 Å². The molecule has 0 aromatic heterocycles. The smallest absolute Gasteiger partial charge is 0.250 e. The Morgan fingerprint density at radius 1 is 0.750 bits per heavy atom. The van der Waals surface area contributed by atoms with Crippen LogP contribution in [0.3, 0.4) is 0 Å². The topological polar surface area (TPSA) is 67.9 Å². The number of nitrogens with one attached hydrogen (secondary N) is 1. The second kappa shape index (κ2) is 14.2. The van der Waals surface area contributed by atoms with Gasteiger partial charge < -0.3 is 14.3 Å². The Bertz CT molecular complexity index is 1740. The van der Waals surface area contributed by atoms with Crippen molar-refractivity contribution < 1.29 is 19.1 Å². The Morgan fingerprint density at radius 3 is 1.62 bits per heavy atom. The Morgan fingerprint density at radius 2 is 1.19 bits per heavy atom. The van der Waals surface area contributed by atoms with E-state index in [9.17, 15) is 9.59 Å². The quantitative estimate of drug-likeness (QED) is 0.0649. The fraction of sp³-hybridized carbons (Fsp3) is 0.171. The van der Waals surface area contributed by atoms with Gasteiger partial charge >= 0.3 is 0 Å². The number of nitrogens with zero attached hydrogens (tertiary/aromatic N) is 1. The number of β-lactam (4-membered cyclic amide) rings is 1. The van der Waals surface area contributed by atoms with Gasteiger partial charge in [-0.15, -0.1) is 0 Å². The van der Waals surface area contributed by atoms with Gasteiger partial charge in [0.25, 0.3) is 5.91 Å². The molecule has 0 spiro atoms. The number of hydrogen-bond donors (Lipinski definition) is 1. The first-order valence-corrected chi connectivity index (χ1v) is 16.9. The maximum absolute atomic E-state index is 14.4. The SMILES string of the molecule is O=CC(Br)C1=C(COC(c2ccccc2)c2ccccc2)N2C(=O)C(NC(c3ccccc3)(c3ccccc3)c3ccccc3)C2OC1. The van der Waals surface area contributed by atoms with Crippen LogP contribution in [0.25, 0.3) is 0 Å². The van der Waals surface area contributed by atoms with Crippen molar-refractivity contribution >= 4 is 28.1 Å². The first-order valence-electron chi connectivity index (χ1n) is 16.0. The molecule has 1 saturated heterocycles. The minimum absolute atomic E-state index is 0.110. The summed E-state index contributed by atoms with van der Waals surface area (Å²) in [6.07, 6.45) is -0.163. The maximum atomic E-state index is 14.4. The molecule has 1 N–H and O–H groups in total. The summed E-state index contributed by atoms with van der Waals surface area (Å²) in [5.41, 5.74) is 5.45. The number of carbonyl (C=O) groups excluding carboxylic acids is 2. The molecule has 6 nitrogen and oxygen atoms in total. The molecule has 1 fully saturated rings. The molecule has 2 aliphatic heterocycles. The van der Waals surface area contributed by atoms with Crippen molar-refractivity contribution in [3.05, 3.63) is 191 Å². The van der Waals surface area contributed by atoms with E-state index < -0.39 is 22.6 Å². The molecular weight excluding hydrogens is 664 g/mol. The van der Waals surface area contributed by atoms with Crippen molar-refractivity contribution in [1.29, 1.82) is 0 Å². The van der Waals surface area contributed by atoms with E-state index >= 15 is 0 Å². The normalized spacial score (nSPS) is 18.3. The summed E-state index contributed by atoms with van der Waals surface area (Å²) in [6.45, 7) is 0.287.